The fraction of sp³-hybridized carbons (Fsp3) is 0.158. The number of alkyl halides is 2. The zero-order valence-electron chi connectivity index (χ0n) is 14.3. The average molecular weight is 394 g/mol. The van der Waals surface area contributed by atoms with E-state index in [1.807, 2.05) is 0 Å². The number of hydrogen-bond donors (Lipinski definition) is 1. The number of hydrogen-bond acceptors (Lipinski definition) is 4. The number of rotatable bonds is 7. The molecule has 0 aliphatic heterocycles. The van der Waals surface area contributed by atoms with Crippen LogP contribution < -0.4 is 10.1 Å². The maximum absolute atomic E-state index is 13.8. The van der Waals surface area contributed by atoms with Crippen LogP contribution in [0.2, 0.25) is 0 Å². The summed E-state index contributed by atoms with van der Waals surface area (Å²) < 4.78 is 60.8. The average Bonchev–Trinajstić information content (AvgIpc) is 3.08. The van der Waals surface area contributed by atoms with Crippen molar-refractivity contribution in [3.63, 3.8) is 0 Å². The quantitative estimate of drug-likeness (QED) is 0.585. The minimum absolute atomic E-state index is 0.00815. The standard InChI is InChI=1S/C19H14F4N2O3/c20-11-4-5-14(15(21)8-11)16-10-24-18(28-16)7-6-17(26)25-12-2-1-3-13(9-12)27-19(22)23/h1-5,8-10,19H,6-7H2,(H,25,26). The molecule has 1 heterocycles. The van der Waals surface area contributed by atoms with E-state index in [0.29, 0.717) is 5.69 Å². The molecule has 0 radical (unpaired) electrons. The van der Waals surface area contributed by atoms with E-state index in [1.54, 1.807) is 0 Å². The van der Waals surface area contributed by atoms with Crippen molar-refractivity contribution in [1.82, 2.24) is 4.98 Å². The third-order valence-electron chi connectivity index (χ3n) is 3.66. The molecule has 1 N–H and O–H groups in total. The molecule has 5 nitrogen and oxygen atoms in total. The highest BCUT2D eigenvalue weighted by Gasteiger charge is 2.13. The number of aromatic nitrogens is 1. The predicted molar refractivity (Wildman–Crippen MR) is 91.9 cm³/mol. The molecule has 28 heavy (non-hydrogen) atoms. The molecule has 3 aromatic rings. The second-order valence-corrected chi connectivity index (χ2v) is 5.70. The van der Waals surface area contributed by atoms with E-state index in [-0.39, 0.29) is 35.8 Å². The van der Waals surface area contributed by atoms with Crippen LogP contribution in [0.5, 0.6) is 5.75 Å². The van der Waals surface area contributed by atoms with E-state index in [1.165, 1.54) is 36.5 Å². The molecule has 1 amide bonds. The molecule has 0 fully saturated rings. The summed E-state index contributed by atoms with van der Waals surface area (Å²) >= 11 is 0. The monoisotopic (exact) mass is 394 g/mol. The van der Waals surface area contributed by atoms with Crippen LogP contribution in [0.1, 0.15) is 12.3 Å². The Morgan fingerprint density at radius 1 is 1.18 bits per heavy atom. The molecule has 2 aromatic carbocycles. The minimum atomic E-state index is -2.96. The van der Waals surface area contributed by atoms with Crippen LogP contribution in [0.25, 0.3) is 11.3 Å². The molecule has 0 spiro atoms. The van der Waals surface area contributed by atoms with Gasteiger partial charge in [-0.1, -0.05) is 6.07 Å². The number of carbonyl (C=O) groups excluding carboxylic acids is 1. The Kier molecular flexibility index (Phi) is 5.93. The first-order chi connectivity index (χ1) is 13.4. The van der Waals surface area contributed by atoms with Gasteiger partial charge in [-0.15, -0.1) is 0 Å². The van der Waals surface area contributed by atoms with Crippen molar-refractivity contribution in [2.24, 2.45) is 0 Å². The molecule has 0 bridgehead atoms. The number of ether oxygens (including phenoxy) is 1. The Balaban J connectivity index is 1.57. The predicted octanol–water partition coefficient (Wildman–Crippen LogP) is 4.79. The molecule has 9 heteroatoms. The number of nitrogens with zero attached hydrogens (tertiary/aromatic N) is 1. The van der Waals surface area contributed by atoms with Crippen molar-refractivity contribution in [2.45, 2.75) is 19.5 Å². The summed E-state index contributed by atoms with van der Waals surface area (Å²) in [6.07, 6.45) is 1.41. The second kappa shape index (κ2) is 8.55. The number of aryl methyl sites for hydroxylation is 1. The van der Waals surface area contributed by atoms with E-state index >= 15 is 0 Å². The normalized spacial score (nSPS) is 10.9. The number of benzene rings is 2. The van der Waals surface area contributed by atoms with Crippen molar-refractivity contribution < 1.29 is 31.5 Å². The Bertz CT molecular complexity index is 975. The summed E-state index contributed by atoms with van der Waals surface area (Å²) in [6.45, 7) is -2.96. The van der Waals surface area contributed by atoms with Gasteiger partial charge < -0.3 is 14.5 Å². The summed E-state index contributed by atoms with van der Waals surface area (Å²) in [5, 5.41) is 2.54. The molecule has 0 saturated carbocycles. The maximum Gasteiger partial charge on any atom is 0.387 e. The first-order valence-corrected chi connectivity index (χ1v) is 8.15. The number of carbonyl (C=O) groups is 1. The Labute approximate surface area is 157 Å². The number of oxazole rings is 1. The van der Waals surface area contributed by atoms with Gasteiger partial charge in [0.15, 0.2) is 11.7 Å². The molecule has 0 aliphatic carbocycles. The Morgan fingerprint density at radius 2 is 2.00 bits per heavy atom. The van der Waals surface area contributed by atoms with Gasteiger partial charge >= 0.3 is 6.61 Å². The van der Waals surface area contributed by atoms with E-state index in [0.717, 1.165) is 12.1 Å². The third kappa shape index (κ3) is 5.09. The molecule has 146 valence electrons. The van der Waals surface area contributed by atoms with Crippen LogP contribution in [0.4, 0.5) is 23.2 Å². The van der Waals surface area contributed by atoms with Crippen LogP contribution in [-0.4, -0.2) is 17.5 Å². The van der Waals surface area contributed by atoms with E-state index in [9.17, 15) is 22.4 Å². The topological polar surface area (TPSA) is 64.4 Å². The van der Waals surface area contributed by atoms with E-state index < -0.39 is 24.2 Å². The minimum Gasteiger partial charge on any atom is -0.441 e. The summed E-state index contributed by atoms with van der Waals surface area (Å²) in [7, 11) is 0. The molecule has 0 atom stereocenters. The van der Waals surface area contributed by atoms with Gasteiger partial charge in [0.25, 0.3) is 0 Å². The highest BCUT2D eigenvalue weighted by atomic mass is 19.3. The van der Waals surface area contributed by atoms with Gasteiger partial charge in [0.2, 0.25) is 5.91 Å². The van der Waals surface area contributed by atoms with Crippen molar-refractivity contribution >= 4 is 11.6 Å². The molecule has 0 aliphatic rings. The molecular formula is C19H14F4N2O3. The highest BCUT2D eigenvalue weighted by Crippen LogP contribution is 2.25. The lowest BCUT2D eigenvalue weighted by Gasteiger charge is -2.08. The largest absolute Gasteiger partial charge is 0.441 e. The SMILES string of the molecule is O=C(CCc1ncc(-c2ccc(F)cc2F)o1)Nc1cccc(OC(F)F)c1. The number of amides is 1. The summed E-state index contributed by atoms with van der Waals surface area (Å²) in [6, 6.07) is 8.66. The molecule has 0 saturated heterocycles. The fourth-order valence-corrected chi connectivity index (χ4v) is 2.43. The van der Waals surface area contributed by atoms with Crippen LogP contribution in [-0.2, 0) is 11.2 Å². The van der Waals surface area contributed by atoms with Crippen molar-refractivity contribution in [3.05, 3.63) is 66.2 Å². The van der Waals surface area contributed by atoms with Crippen LogP contribution in [0.15, 0.2) is 53.1 Å². The maximum atomic E-state index is 13.8. The van der Waals surface area contributed by atoms with Crippen molar-refractivity contribution in [2.75, 3.05) is 5.32 Å². The van der Waals surface area contributed by atoms with Crippen molar-refractivity contribution in [1.29, 1.82) is 0 Å². The van der Waals surface area contributed by atoms with Crippen LogP contribution >= 0.6 is 0 Å². The molecular weight excluding hydrogens is 380 g/mol. The van der Waals surface area contributed by atoms with Gasteiger partial charge in [-0.3, -0.25) is 4.79 Å². The molecule has 1 aromatic heterocycles. The number of anilines is 1. The lowest BCUT2D eigenvalue weighted by atomic mass is 10.2. The highest BCUT2D eigenvalue weighted by molar-refractivity contribution is 5.90. The number of halogens is 4. The van der Waals surface area contributed by atoms with E-state index in [4.69, 9.17) is 4.42 Å². The lowest BCUT2D eigenvalue weighted by molar-refractivity contribution is -0.116. The van der Waals surface area contributed by atoms with Crippen LogP contribution in [0.3, 0.4) is 0 Å². The van der Waals surface area contributed by atoms with E-state index in [2.05, 4.69) is 15.0 Å². The Hall–Kier alpha value is -3.36. The van der Waals surface area contributed by atoms with Crippen molar-refractivity contribution in [3.8, 4) is 17.1 Å². The zero-order chi connectivity index (χ0) is 20.1. The zero-order valence-corrected chi connectivity index (χ0v) is 14.3. The van der Waals surface area contributed by atoms with Gasteiger partial charge in [-0.25, -0.2) is 13.8 Å². The summed E-state index contributed by atoms with van der Waals surface area (Å²) in [5.41, 5.74) is 0.352. The lowest BCUT2D eigenvalue weighted by Crippen LogP contribution is -2.12. The Morgan fingerprint density at radius 3 is 2.75 bits per heavy atom. The van der Waals surface area contributed by atoms with Gasteiger partial charge in [-0.2, -0.15) is 8.78 Å². The second-order valence-electron chi connectivity index (χ2n) is 5.70. The summed E-state index contributed by atoms with van der Waals surface area (Å²) in [5.74, 6) is -1.66. The molecule has 3 rings (SSSR count). The first-order valence-electron chi connectivity index (χ1n) is 8.15. The van der Waals surface area contributed by atoms with Gasteiger partial charge in [0.05, 0.1) is 11.8 Å². The third-order valence-corrected chi connectivity index (χ3v) is 3.66. The number of nitrogens with one attached hydrogen (secondary N) is 1. The van der Waals surface area contributed by atoms with Gasteiger partial charge in [0.1, 0.15) is 17.4 Å². The van der Waals surface area contributed by atoms with Gasteiger partial charge in [0, 0.05) is 30.7 Å². The smallest absolute Gasteiger partial charge is 0.387 e. The first kappa shape index (κ1) is 19.4. The molecule has 0 unspecified atom stereocenters. The van der Waals surface area contributed by atoms with Crippen LogP contribution in [0, 0.1) is 11.6 Å². The van der Waals surface area contributed by atoms with Gasteiger partial charge in [-0.05, 0) is 24.3 Å². The fourth-order valence-electron chi connectivity index (χ4n) is 2.43. The summed E-state index contributed by atoms with van der Waals surface area (Å²) in [4.78, 5) is 16.0.